The van der Waals surface area contributed by atoms with Crippen LogP contribution in [-0.4, -0.2) is 44.5 Å². The predicted molar refractivity (Wildman–Crippen MR) is 157 cm³/mol. The number of sulfonamides is 1. The molecule has 1 unspecified atom stereocenters. The number of H-pyrrole nitrogens is 1. The van der Waals surface area contributed by atoms with Crippen LogP contribution in [0.1, 0.15) is 11.7 Å². The third kappa shape index (κ3) is 6.65. The third-order valence-corrected chi connectivity index (χ3v) is 6.74. The highest BCUT2D eigenvalue weighted by Crippen LogP contribution is 2.31. The standard InChI is InChI=1S/C29H29N3O4S.ClH/c1-37(34,35)32-23-9-5-8-22(16-23)29(33)19-30-14-15-36-24-11-13-26-25-12-10-21(20-6-3-2-4-7-20)17-27(25)31-28(26)18-24;/h2-13,16-18,29-33H,14-15,19H2,1H3;1H. The molecule has 0 spiro atoms. The Morgan fingerprint density at radius 2 is 1.61 bits per heavy atom. The fourth-order valence-corrected chi connectivity index (χ4v) is 4.97. The summed E-state index contributed by atoms with van der Waals surface area (Å²) in [7, 11) is -3.37. The normalized spacial score (nSPS) is 12.3. The molecule has 0 saturated carbocycles. The van der Waals surface area contributed by atoms with Crippen LogP contribution < -0.4 is 14.8 Å². The summed E-state index contributed by atoms with van der Waals surface area (Å²) in [5.41, 5.74) is 5.50. The Morgan fingerprint density at radius 3 is 2.37 bits per heavy atom. The summed E-state index contributed by atoms with van der Waals surface area (Å²) in [4.78, 5) is 3.51. The number of aliphatic hydroxyl groups is 1. The molecule has 0 aliphatic carbocycles. The summed E-state index contributed by atoms with van der Waals surface area (Å²) < 4.78 is 31.2. The molecule has 5 rings (SSSR count). The van der Waals surface area contributed by atoms with Gasteiger partial charge >= 0.3 is 0 Å². The monoisotopic (exact) mass is 551 g/mol. The van der Waals surface area contributed by atoms with Crippen molar-refractivity contribution in [2.75, 3.05) is 30.7 Å². The first-order valence-electron chi connectivity index (χ1n) is 12.1. The number of hydrogen-bond acceptors (Lipinski definition) is 5. The van der Waals surface area contributed by atoms with Crippen LogP contribution in [-0.2, 0) is 10.0 Å². The number of aromatic nitrogens is 1. The second-order valence-electron chi connectivity index (χ2n) is 9.03. The molecule has 0 fully saturated rings. The molecule has 0 bridgehead atoms. The summed E-state index contributed by atoms with van der Waals surface area (Å²) in [5, 5.41) is 16.0. The largest absolute Gasteiger partial charge is 0.492 e. The van der Waals surface area contributed by atoms with E-state index in [1.165, 1.54) is 16.5 Å². The lowest BCUT2D eigenvalue weighted by atomic mass is 10.0. The molecule has 4 N–H and O–H groups in total. The molecular weight excluding hydrogens is 522 g/mol. The zero-order valence-corrected chi connectivity index (χ0v) is 22.5. The summed E-state index contributed by atoms with van der Waals surface area (Å²) in [6.45, 7) is 1.30. The molecule has 38 heavy (non-hydrogen) atoms. The van der Waals surface area contributed by atoms with Crippen LogP contribution in [0, 0.1) is 0 Å². The molecule has 0 aliphatic heterocycles. The zero-order chi connectivity index (χ0) is 25.8. The summed E-state index contributed by atoms with van der Waals surface area (Å²) in [6, 6.07) is 29.6. The minimum Gasteiger partial charge on any atom is -0.492 e. The molecule has 0 saturated heterocycles. The number of nitrogens with one attached hydrogen (secondary N) is 3. The fraction of sp³-hybridized carbons (Fsp3) is 0.172. The smallest absolute Gasteiger partial charge is 0.229 e. The number of aliphatic hydroxyl groups excluding tert-OH is 1. The van der Waals surface area contributed by atoms with Gasteiger partial charge in [-0.25, -0.2) is 8.42 Å². The number of halogens is 1. The second-order valence-corrected chi connectivity index (χ2v) is 10.8. The lowest BCUT2D eigenvalue weighted by Crippen LogP contribution is -2.26. The van der Waals surface area contributed by atoms with Gasteiger partial charge in [-0.05, 0) is 47.0 Å². The van der Waals surface area contributed by atoms with Crippen molar-refractivity contribution in [2.24, 2.45) is 0 Å². The van der Waals surface area contributed by atoms with Gasteiger partial charge in [0.15, 0.2) is 0 Å². The van der Waals surface area contributed by atoms with Crippen LogP contribution in [0.5, 0.6) is 5.75 Å². The molecule has 4 aromatic carbocycles. The predicted octanol–water partition coefficient (Wildman–Crippen LogP) is 5.48. The van der Waals surface area contributed by atoms with Crippen molar-refractivity contribution in [3.05, 3.63) is 96.6 Å². The summed E-state index contributed by atoms with van der Waals surface area (Å²) >= 11 is 0. The van der Waals surface area contributed by atoms with E-state index in [4.69, 9.17) is 4.74 Å². The van der Waals surface area contributed by atoms with E-state index in [9.17, 15) is 13.5 Å². The highest BCUT2D eigenvalue weighted by Gasteiger charge is 2.10. The number of anilines is 1. The number of benzene rings is 4. The molecule has 0 radical (unpaired) electrons. The maximum absolute atomic E-state index is 11.4. The average Bonchev–Trinajstić information content (AvgIpc) is 3.25. The van der Waals surface area contributed by atoms with Gasteiger partial charge in [0.05, 0.1) is 17.9 Å². The molecular formula is C29H30ClN3O4S. The van der Waals surface area contributed by atoms with Gasteiger partial charge in [-0.3, -0.25) is 4.72 Å². The van der Waals surface area contributed by atoms with E-state index in [0.29, 0.717) is 30.9 Å². The van der Waals surface area contributed by atoms with Crippen LogP contribution in [0.3, 0.4) is 0 Å². The number of ether oxygens (including phenoxy) is 1. The second kappa shape index (κ2) is 11.9. The number of fused-ring (bicyclic) bond motifs is 3. The van der Waals surface area contributed by atoms with Gasteiger partial charge in [0.25, 0.3) is 0 Å². The molecule has 7 nitrogen and oxygen atoms in total. The third-order valence-electron chi connectivity index (χ3n) is 6.14. The Hall–Kier alpha value is -3.56. The minimum atomic E-state index is -3.37. The van der Waals surface area contributed by atoms with Gasteiger partial charge in [0.2, 0.25) is 10.0 Å². The van der Waals surface area contributed by atoms with Gasteiger partial charge in [-0.2, -0.15) is 0 Å². The molecule has 198 valence electrons. The van der Waals surface area contributed by atoms with E-state index in [-0.39, 0.29) is 12.4 Å². The molecule has 1 aromatic heterocycles. The van der Waals surface area contributed by atoms with Crippen molar-refractivity contribution >= 4 is 49.9 Å². The first-order chi connectivity index (χ1) is 17.9. The Labute approximate surface area is 228 Å². The maximum Gasteiger partial charge on any atom is 0.229 e. The SMILES string of the molecule is CS(=O)(=O)Nc1cccc(C(O)CNCCOc2ccc3c(c2)[nH]c2cc(-c4ccccc4)ccc23)c1.Cl. The topological polar surface area (TPSA) is 103 Å². The van der Waals surface area contributed by atoms with E-state index in [1.54, 1.807) is 24.3 Å². The van der Waals surface area contributed by atoms with Gasteiger partial charge < -0.3 is 20.1 Å². The summed E-state index contributed by atoms with van der Waals surface area (Å²) in [5.74, 6) is 0.768. The molecule has 1 atom stereocenters. The van der Waals surface area contributed by atoms with E-state index >= 15 is 0 Å². The number of hydrogen-bond donors (Lipinski definition) is 4. The Kier molecular flexibility index (Phi) is 8.58. The van der Waals surface area contributed by atoms with E-state index in [2.05, 4.69) is 51.4 Å². The van der Waals surface area contributed by atoms with Crippen LogP contribution >= 0.6 is 12.4 Å². The van der Waals surface area contributed by atoms with Crippen molar-refractivity contribution < 1.29 is 18.3 Å². The first kappa shape index (κ1) is 27.5. The number of aromatic amines is 1. The molecule has 1 heterocycles. The molecule has 0 amide bonds. The number of rotatable bonds is 10. The minimum absolute atomic E-state index is 0. The summed E-state index contributed by atoms with van der Waals surface area (Å²) in [6.07, 6.45) is 0.319. The van der Waals surface area contributed by atoms with Crippen molar-refractivity contribution in [2.45, 2.75) is 6.10 Å². The van der Waals surface area contributed by atoms with Gasteiger partial charge in [-0.15, -0.1) is 12.4 Å². The maximum atomic E-state index is 11.4. The van der Waals surface area contributed by atoms with Crippen molar-refractivity contribution in [3.63, 3.8) is 0 Å². The Bertz CT molecular complexity index is 1640. The van der Waals surface area contributed by atoms with Crippen molar-refractivity contribution in [1.29, 1.82) is 0 Å². The van der Waals surface area contributed by atoms with Crippen molar-refractivity contribution in [1.82, 2.24) is 10.3 Å². The van der Waals surface area contributed by atoms with Crippen molar-refractivity contribution in [3.8, 4) is 16.9 Å². The highest BCUT2D eigenvalue weighted by atomic mass is 35.5. The molecule has 9 heteroatoms. The van der Waals surface area contributed by atoms with E-state index in [0.717, 1.165) is 28.4 Å². The zero-order valence-electron chi connectivity index (χ0n) is 20.8. The average molecular weight is 552 g/mol. The van der Waals surface area contributed by atoms with Crippen LogP contribution in [0.15, 0.2) is 91.0 Å². The van der Waals surface area contributed by atoms with Crippen LogP contribution in [0.4, 0.5) is 5.69 Å². The highest BCUT2D eigenvalue weighted by molar-refractivity contribution is 7.92. The van der Waals surface area contributed by atoms with E-state index < -0.39 is 16.1 Å². The van der Waals surface area contributed by atoms with Crippen LogP contribution in [0.25, 0.3) is 32.9 Å². The molecule has 0 aliphatic rings. The quantitative estimate of drug-likeness (QED) is 0.172. The Morgan fingerprint density at radius 1 is 0.868 bits per heavy atom. The van der Waals surface area contributed by atoms with Crippen LogP contribution in [0.2, 0.25) is 0 Å². The van der Waals surface area contributed by atoms with E-state index in [1.807, 2.05) is 30.3 Å². The van der Waals surface area contributed by atoms with Gasteiger partial charge in [0, 0.05) is 41.1 Å². The first-order valence-corrected chi connectivity index (χ1v) is 14.0. The lowest BCUT2D eigenvalue weighted by molar-refractivity contribution is 0.172. The van der Waals surface area contributed by atoms with Gasteiger partial charge in [0.1, 0.15) is 12.4 Å². The molecule has 5 aromatic rings. The Balaban J connectivity index is 0.00000336. The van der Waals surface area contributed by atoms with Gasteiger partial charge in [-0.1, -0.05) is 54.6 Å². The fourth-order valence-electron chi connectivity index (χ4n) is 4.41. The lowest BCUT2D eigenvalue weighted by Gasteiger charge is -2.14.